The quantitative estimate of drug-likeness (QED) is 0.825. The Labute approximate surface area is 81.6 Å². The van der Waals surface area contributed by atoms with Gasteiger partial charge in [-0.25, -0.2) is 0 Å². The molecule has 0 aliphatic heterocycles. The predicted molar refractivity (Wildman–Crippen MR) is 54.1 cm³/mol. The molecule has 66 valence electrons. The lowest BCUT2D eigenvalue weighted by Crippen LogP contribution is -1.99. The third-order valence-corrected chi connectivity index (χ3v) is 2.68. The first-order chi connectivity index (χ1) is 5.66. The summed E-state index contributed by atoms with van der Waals surface area (Å²) in [6.45, 7) is 3.99. The van der Waals surface area contributed by atoms with Crippen LogP contribution in [-0.4, -0.2) is 5.11 Å². The number of aliphatic hydroxyl groups is 1. The molecule has 0 saturated heterocycles. The molecule has 0 unspecified atom stereocenters. The number of hydrogen-bond acceptors (Lipinski definition) is 1. The highest BCUT2D eigenvalue weighted by molar-refractivity contribution is 9.10. The monoisotopic (exact) mass is 228 g/mol. The second-order valence-corrected chi connectivity index (χ2v) is 3.75. The SMILES string of the molecule is CC[C@H](O)c1c(C)cccc1Br. The van der Waals surface area contributed by atoms with Crippen LogP contribution < -0.4 is 0 Å². The highest BCUT2D eigenvalue weighted by Crippen LogP contribution is 2.28. The number of halogens is 1. The van der Waals surface area contributed by atoms with Crippen LogP contribution in [0.4, 0.5) is 0 Å². The van der Waals surface area contributed by atoms with Gasteiger partial charge in [0.1, 0.15) is 0 Å². The van der Waals surface area contributed by atoms with E-state index in [4.69, 9.17) is 0 Å². The first-order valence-electron chi connectivity index (χ1n) is 4.10. The number of aryl methyl sites for hydroxylation is 1. The molecule has 0 fully saturated rings. The molecule has 0 aromatic heterocycles. The van der Waals surface area contributed by atoms with Crippen LogP contribution in [0, 0.1) is 6.92 Å². The molecule has 0 amide bonds. The van der Waals surface area contributed by atoms with Gasteiger partial charge in [0.2, 0.25) is 0 Å². The fourth-order valence-corrected chi connectivity index (χ4v) is 2.00. The van der Waals surface area contributed by atoms with Crippen LogP contribution in [0.3, 0.4) is 0 Å². The van der Waals surface area contributed by atoms with Gasteiger partial charge in [-0.15, -0.1) is 0 Å². The fraction of sp³-hybridized carbons (Fsp3) is 0.400. The maximum Gasteiger partial charge on any atom is 0.0800 e. The summed E-state index contributed by atoms with van der Waals surface area (Å²) in [5.41, 5.74) is 2.15. The summed E-state index contributed by atoms with van der Waals surface area (Å²) in [4.78, 5) is 0. The van der Waals surface area contributed by atoms with Gasteiger partial charge in [0.05, 0.1) is 6.10 Å². The zero-order chi connectivity index (χ0) is 9.14. The van der Waals surface area contributed by atoms with Gasteiger partial charge in [-0.3, -0.25) is 0 Å². The minimum atomic E-state index is -0.347. The van der Waals surface area contributed by atoms with Crippen LogP contribution in [0.5, 0.6) is 0 Å². The molecule has 0 aliphatic rings. The average Bonchev–Trinajstić information content (AvgIpc) is 2.03. The van der Waals surface area contributed by atoms with E-state index in [9.17, 15) is 5.11 Å². The van der Waals surface area contributed by atoms with E-state index in [2.05, 4.69) is 15.9 Å². The lowest BCUT2D eigenvalue weighted by Gasteiger charge is -2.13. The molecule has 0 spiro atoms. The van der Waals surface area contributed by atoms with Crippen LogP contribution in [0.15, 0.2) is 22.7 Å². The summed E-state index contributed by atoms with van der Waals surface area (Å²) in [5, 5.41) is 9.66. The van der Waals surface area contributed by atoms with Crippen LogP contribution in [-0.2, 0) is 0 Å². The summed E-state index contributed by atoms with van der Waals surface area (Å²) in [6.07, 6.45) is 0.407. The average molecular weight is 229 g/mol. The van der Waals surface area contributed by atoms with E-state index in [-0.39, 0.29) is 6.10 Å². The van der Waals surface area contributed by atoms with Gasteiger partial charge in [0.25, 0.3) is 0 Å². The van der Waals surface area contributed by atoms with E-state index in [1.807, 2.05) is 32.0 Å². The van der Waals surface area contributed by atoms with Gasteiger partial charge in [-0.1, -0.05) is 35.0 Å². The fourth-order valence-electron chi connectivity index (χ4n) is 1.27. The van der Waals surface area contributed by atoms with Crippen LogP contribution in [0.2, 0.25) is 0 Å². The summed E-state index contributed by atoms with van der Waals surface area (Å²) in [5.74, 6) is 0. The van der Waals surface area contributed by atoms with Gasteiger partial charge in [-0.05, 0) is 30.5 Å². The topological polar surface area (TPSA) is 20.2 Å². The molecule has 1 rings (SSSR count). The summed E-state index contributed by atoms with van der Waals surface area (Å²) in [7, 11) is 0. The lowest BCUT2D eigenvalue weighted by atomic mass is 10.0. The van der Waals surface area contributed by atoms with Crippen molar-refractivity contribution >= 4 is 15.9 Å². The third-order valence-electron chi connectivity index (χ3n) is 1.99. The molecule has 0 aliphatic carbocycles. The van der Waals surface area contributed by atoms with E-state index >= 15 is 0 Å². The molecule has 0 bridgehead atoms. The van der Waals surface area contributed by atoms with Crippen LogP contribution in [0.25, 0.3) is 0 Å². The Kier molecular flexibility index (Phi) is 3.29. The zero-order valence-electron chi connectivity index (χ0n) is 7.34. The molecule has 1 N–H and O–H groups in total. The Morgan fingerprint density at radius 2 is 2.17 bits per heavy atom. The second kappa shape index (κ2) is 4.06. The van der Waals surface area contributed by atoms with Crippen LogP contribution >= 0.6 is 15.9 Å². The normalized spacial score (nSPS) is 13.0. The van der Waals surface area contributed by atoms with Gasteiger partial charge < -0.3 is 5.11 Å². The number of benzene rings is 1. The molecule has 1 aromatic rings. The first kappa shape index (κ1) is 9.75. The molecule has 0 radical (unpaired) electrons. The summed E-state index contributed by atoms with van der Waals surface area (Å²) >= 11 is 3.43. The van der Waals surface area contributed by atoms with Gasteiger partial charge >= 0.3 is 0 Å². The molecule has 0 saturated carbocycles. The van der Waals surface area contributed by atoms with Crippen molar-refractivity contribution in [1.29, 1.82) is 0 Å². The number of rotatable bonds is 2. The van der Waals surface area contributed by atoms with E-state index in [0.717, 1.165) is 22.0 Å². The van der Waals surface area contributed by atoms with Crippen molar-refractivity contribution in [2.45, 2.75) is 26.4 Å². The second-order valence-electron chi connectivity index (χ2n) is 2.89. The lowest BCUT2D eigenvalue weighted by molar-refractivity contribution is 0.172. The molecule has 1 aromatic carbocycles. The summed E-state index contributed by atoms with van der Waals surface area (Å²) in [6, 6.07) is 5.95. The first-order valence-corrected chi connectivity index (χ1v) is 4.89. The van der Waals surface area contributed by atoms with Crippen molar-refractivity contribution in [3.05, 3.63) is 33.8 Å². The molecule has 2 heteroatoms. The van der Waals surface area contributed by atoms with Gasteiger partial charge in [0, 0.05) is 4.47 Å². The van der Waals surface area contributed by atoms with Crippen molar-refractivity contribution in [2.75, 3.05) is 0 Å². The molecular weight excluding hydrogens is 216 g/mol. The molecular formula is C10H13BrO. The minimum absolute atomic E-state index is 0.347. The van der Waals surface area contributed by atoms with Crippen molar-refractivity contribution in [3.63, 3.8) is 0 Å². The Morgan fingerprint density at radius 1 is 1.50 bits per heavy atom. The summed E-state index contributed by atoms with van der Waals surface area (Å²) < 4.78 is 0.997. The Hall–Kier alpha value is -0.340. The minimum Gasteiger partial charge on any atom is -0.388 e. The maximum absolute atomic E-state index is 9.66. The maximum atomic E-state index is 9.66. The molecule has 12 heavy (non-hydrogen) atoms. The Bertz CT molecular complexity index is 250. The van der Waals surface area contributed by atoms with E-state index in [0.29, 0.717) is 0 Å². The molecule has 1 nitrogen and oxygen atoms in total. The number of hydrogen-bond donors (Lipinski definition) is 1. The third kappa shape index (κ3) is 1.87. The zero-order valence-corrected chi connectivity index (χ0v) is 8.93. The van der Waals surface area contributed by atoms with Crippen molar-refractivity contribution in [1.82, 2.24) is 0 Å². The molecule has 1 atom stereocenters. The largest absolute Gasteiger partial charge is 0.388 e. The highest BCUT2D eigenvalue weighted by Gasteiger charge is 2.10. The predicted octanol–water partition coefficient (Wildman–Crippen LogP) is 3.20. The van der Waals surface area contributed by atoms with E-state index in [1.165, 1.54) is 0 Å². The highest BCUT2D eigenvalue weighted by atomic mass is 79.9. The van der Waals surface area contributed by atoms with Crippen molar-refractivity contribution in [2.24, 2.45) is 0 Å². The van der Waals surface area contributed by atoms with E-state index in [1.54, 1.807) is 0 Å². The van der Waals surface area contributed by atoms with Crippen LogP contribution in [0.1, 0.15) is 30.6 Å². The smallest absolute Gasteiger partial charge is 0.0800 e. The van der Waals surface area contributed by atoms with E-state index < -0.39 is 0 Å². The van der Waals surface area contributed by atoms with Crippen molar-refractivity contribution in [3.8, 4) is 0 Å². The van der Waals surface area contributed by atoms with Gasteiger partial charge in [-0.2, -0.15) is 0 Å². The Balaban J connectivity index is 3.12. The standard InChI is InChI=1S/C10H13BrO/c1-3-9(12)10-7(2)5-4-6-8(10)11/h4-6,9,12H,3H2,1-2H3/t9-/m0/s1. The Morgan fingerprint density at radius 3 is 2.67 bits per heavy atom. The van der Waals surface area contributed by atoms with Gasteiger partial charge in [0.15, 0.2) is 0 Å². The van der Waals surface area contributed by atoms with Crippen molar-refractivity contribution < 1.29 is 5.11 Å². The number of aliphatic hydroxyl groups excluding tert-OH is 1. The molecule has 0 heterocycles.